The van der Waals surface area contributed by atoms with Crippen LogP contribution in [0.5, 0.6) is 0 Å². The molecule has 0 saturated carbocycles. The van der Waals surface area contributed by atoms with Crippen LogP contribution in [-0.4, -0.2) is 38.8 Å². The molecule has 0 atom stereocenters. The van der Waals surface area contributed by atoms with Crippen molar-refractivity contribution in [2.45, 2.75) is 18.8 Å². The fourth-order valence-corrected chi connectivity index (χ4v) is 4.03. The van der Waals surface area contributed by atoms with E-state index in [2.05, 4.69) is 33.2 Å². The first-order valence-electron chi connectivity index (χ1n) is 9.08. The van der Waals surface area contributed by atoms with Gasteiger partial charge in [0.1, 0.15) is 5.82 Å². The molecule has 1 amide bonds. The monoisotopic (exact) mass is 344 g/mol. The molecule has 2 aromatic carbocycles. The zero-order chi connectivity index (χ0) is 17.5. The number of para-hydroxylation sites is 1. The molecule has 2 N–H and O–H groups in total. The number of hydrogen-bond donors (Lipinski definition) is 2. The van der Waals surface area contributed by atoms with Crippen LogP contribution in [-0.2, 0) is 0 Å². The topological polar surface area (TPSA) is 64.8 Å². The summed E-state index contributed by atoms with van der Waals surface area (Å²) in [5, 5.41) is 2.36. The third kappa shape index (κ3) is 2.47. The summed E-state index contributed by atoms with van der Waals surface area (Å²) in [6, 6.07) is 14.2. The SMILES string of the molecule is O=C(c1ccc2c(c1)[nH]c1ccccc12)N1CCC(c2ncc[nH]2)CC1. The zero-order valence-corrected chi connectivity index (χ0v) is 14.4. The highest BCUT2D eigenvalue weighted by molar-refractivity contribution is 6.09. The van der Waals surface area contributed by atoms with Crippen molar-refractivity contribution >= 4 is 27.7 Å². The van der Waals surface area contributed by atoms with Crippen molar-refractivity contribution in [1.29, 1.82) is 0 Å². The molecule has 1 aliphatic heterocycles. The third-order valence-corrected chi connectivity index (χ3v) is 5.44. The maximum Gasteiger partial charge on any atom is 0.253 e. The number of hydrogen-bond acceptors (Lipinski definition) is 2. The number of imidazole rings is 1. The summed E-state index contributed by atoms with van der Waals surface area (Å²) in [5.41, 5.74) is 2.87. The minimum atomic E-state index is 0.114. The fraction of sp³-hybridized carbons (Fsp3) is 0.238. The summed E-state index contributed by atoms with van der Waals surface area (Å²) in [7, 11) is 0. The number of carbonyl (C=O) groups excluding carboxylic acids is 1. The predicted octanol–water partition coefficient (Wildman–Crippen LogP) is 4.06. The van der Waals surface area contributed by atoms with Gasteiger partial charge in [-0.3, -0.25) is 4.79 Å². The van der Waals surface area contributed by atoms with E-state index in [0.717, 1.165) is 53.7 Å². The molecule has 5 nitrogen and oxygen atoms in total. The normalized spacial score (nSPS) is 15.8. The van der Waals surface area contributed by atoms with Crippen LogP contribution in [0.1, 0.15) is 34.9 Å². The number of H-pyrrole nitrogens is 2. The average molecular weight is 344 g/mol. The van der Waals surface area contributed by atoms with Gasteiger partial charge in [0.15, 0.2) is 0 Å². The van der Waals surface area contributed by atoms with Gasteiger partial charge in [0.25, 0.3) is 5.91 Å². The second-order valence-corrected chi connectivity index (χ2v) is 6.97. The Morgan fingerprint density at radius 1 is 1.04 bits per heavy atom. The lowest BCUT2D eigenvalue weighted by atomic mass is 9.95. The van der Waals surface area contributed by atoms with E-state index < -0.39 is 0 Å². The third-order valence-electron chi connectivity index (χ3n) is 5.44. The highest BCUT2D eigenvalue weighted by Crippen LogP contribution is 2.28. The second-order valence-electron chi connectivity index (χ2n) is 6.97. The molecule has 5 rings (SSSR count). The Balaban J connectivity index is 1.38. The van der Waals surface area contributed by atoms with Crippen LogP contribution in [0.15, 0.2) is 54.9 Å². The molecule has 3 heterocycles. The van der Waals surface area contributed by atoms with E-state index in [-0.39, 0.29) is 5.91 Å². The quantitative estimate of drug-likeness (QED) is 0.576. The molecule has 130 valence electrons. The smallest absolute Gasteiger partial charge is 0.253 e. The van der Waals surface area contributed by atoms with E-state index in [9.17, 15) is 4.79 Å². The minimum Gasteiger partial charge on any atom is -0.354 e. The molecule has 2 aromatic heterocycles. The van der Waals surface area contributed by atoms with Gasteiger partial charge in [0.05, 0.1) is 0 Å². The van der Waals surface area contributed by atoms with Gasteiger partial charge in [-0.15, -0.1) is 0 Å². The van der Waals surface area contributed by atoms with Gasteiger partial charge in [-0.05, 0) is 31.0 Å². The lowest BCUT2D eigenvalue weighted by molar-refractivity contribution is 0.0711. The number of fused-ring (bicyclic) bond motifs is 3. The average Bonchev–Trinajstić information content (AvgIpc) is 3.35. The number of nitrogens with one attached hydrogen (secondary N) is 2. The summed E-state index contributed by atoms with van der Waals surface area (Å²) < 4.78 is 0. The van der Waals surface area contributed by atoms with Crippen molar-refractivity contribution < 1.29 is 4.79 Å². The van der Waals surface area contributed by atoms with Gasteiger partial charge in [-0.25, -0.2) is 4.98 Å². The van der Waals surface area contributed by atoms with E-state index in [1.165, 1.54) is 5.39 Å². The first-order valence-corrected chi connectivity index (χ1v) is 9.08. The molecule has 0 bridgehead atoms. The van der Waals surface area contributed by atoms with Crippen LogP contribution < -0.4 is 0 Å². The Kier molecular flexibility index (Phi) is 3.52. The number of nitrogens with zero attached hydrogens (tertiary/aromatic N) is 2. The Bertz CT molecular complexity index is 1070. The number of aromatic amines is 2. The summed E-state index contributed by atoms with van der Waals surface area (Å²) in [6.07, 6.45) is 5.56. The number of likely N-dealkylation sites (tertiary alicyclic amines) is 1. The van der Waals surface area contributed by atoms with Gasteiger partial charge < -0.3 is 14.9 Å². The fourth-order valence-electron chi connectivity index (χ4n) is 4.03. The number of piperidine rings is 1. The lowest BCUT2D eigenvalue weighted by Gasteiger charge is -2.31. The molecule has 4 aromatic rings. The molecule has 1 fully saturated rings. The van der Waals surface area contributed by atoms with Crippen LogP contribution in [0.25, 0.3) is 21.8 Å². The first kappa shape index (κ1) is 15.2. The van der Waals surface area contributed by atoms with Crippen molar-refractivity contribution in [1.82, 2.24) is 19.9 Å². The Morgan fingerprint density at radius 3 is 2.65 bits per heavy atom. The summed E-state index contributed by atoms with van der Waals surface area (Å²) >= 11 is 0. The lowest BCUT2D eigenvalue weighted by Crippen LogP contribution is -2.38. The van der Waals surface area contributed by atoms with Crippen molar-refractivity contribution in [3.63, 3.8) is 0 Å². The van der Waals surface area contributed by atoms with E-state index >= 15 is 0 Å². The molecule has 1 saturated heterocycles. The summed E-state index contributed by atoms with van der Waals surface area (Å²) in [6.45, 7) is 1.55. The molecule has 26 heavy (non-hydrogen) atoms. The van der Waals surface area contributed by atoms with E-state index in [1.54, 1.807) is 6.20 Å². The number of carbonyl (C=O) groups is 1. The van der Waals surface area contributed by atoms with Gasteiger partial charge in [-0.2, -0.15) is 0 Å². The standard InChI is InChI=1S/C21H20N4O/c26-21(25-11-7-14(8-12-25)20-22-9-10-23-20)15-5-6-17-16-3-1-2-4-18(16)24-19(17)13-15/h1-6,9-10,13-14,24H,7-8,11-12H2,(H,22,23). The Hall–Kier alpha value is -3.08. The molecular formula is C21H20N4O. The van der Waals surface area contributed by atoms with Gasteiger partial charge in [-0.1, -0.05) is 24.3 Å². The number of aromatic nitrogens is 3. The van der Waals surface area contributed by atoms with Crippen LogP contribution in [0.3, 0.4) is 0 Å². The molecule has 0 aliphatic carbocycles. The predicted molar refractivity (Wildman–Crippen MR) is 102 cm³/mol. The summed E-state index contributed by atoms with van der Waals surface area (Å²) in [5.74, 6) is 1.57. The van der Waals surface area contributed by atoms with E-state index in [1.807, 2.05) is 35.4 Å². The Morgan fingerprint density at radius 2 is 1.85 bits per heavy atom. The molecule has 0 radical (unpaired) electrons. The maximum atomic E-state index is 12.9. The molecule has 5 heteroatoms. The minimum absolute atomic E-state index is 0.114. The van der Waals surface area contributed by atoms with Crippen LogP contribution in [0.4, 0.5) is 0 Å². The van der Waals surface area contributed by atoms with Crippen molar-refractivity contribution in [2.24, 2.45) is 0 Å². The molecule has 1 aliphatic rings. The second kappa shape index (κ2) is 6.02. The highest BCUT2D eigenvalue weighted by atomic mass is 16.2. The van der Waals surface area contributed by atoms with E-state index in [4.69, 9.17) is 0 Å². The van der Waals surface area contributed by atoms with Crippen LogP contribution in [0.2, 0.25) is 0 Å². The molecule has 0 unspecified atom stereocenters. The highest BCUT2D eigenvalue weighted by Gasteiger charge is 2.26. The van der Waals surface area contributed by atoms with Crippen molar-refractivity contribution in [3.05, 3.63) is 66.2 Å². The van der Waals surface area contributed by atoms with Gasteiger partial charge in [0, 0.05) is 58.8 Å². The van der Waals surface area contributed by atoms with Gasteiger partial charge >= 0.3 is 0 Å². The van der Waals surface area contributed by atoms with E-state index in [0.29, 0.717) is 5.92 Å². The maximum absolute atomic E-state index is 12.9. The van der Waals surface area contributed by atoms with Crippen molar-refractivity contribution in [3.8, 4) is 0 Å². The van der Waals surface area contributed by atoms with Crippen LogP contribution >= 0.6 is 0 Å². The largest absolute Gasteiger partial charge is 0.354 e. The molecular weight excluding hydrogens is 324 g/mol. The summed E-state index contributed by atoms with van der Waals surface area (Å²) in [4.78, 5) is 25.9. The van der Waals surface area contributed by atoms with Crippen molar-refractivity contribution in [2.75, 3.05) is 13.1 Å². The zero-order valence-electron chi connectivity index (χ0n) is 14.4. The first-order chi connectivity index (χ1) is 12.8. The number of benzene rings is 2. The molecule has 0 spiro atoms. The number of rotatable bonds is 2. The number of amides is 1. The van der Waals surface area contributed by atoms with Gasteiger partial charge in [0.2, 0.25) is 0 Å². The van der Waals surface area contributed by atoms with Crippen LogP contribution in [0, 0.1) is 0 Å². The Labute approximate surface area is 151 Å².